The normalized spacial score (nSPS) is 12.2. The first-order valence-electron chi connectivity index (χ1n) is 37.0. The van der Waals surface area contributed by atoms with Crippen LogP contribution in [0.2, 0.25) is 0 Å². The first-order chi connectivity index (χ1) is 40.5. The molecular weight excluding hydrogens is 1010 g/mol. The highest BCUT2D eigenvalue weighted by Gasteiger charge is 2.19. The molecule has 0 heterocycles. The van der Waals surface area contributed by atoms with Crippen LogP contribution >= 0.6 is 0 Å². The highest BCUT2D eigenvalue weighted by Crippen LogP contribution is 2.19. The fraction of sp³-hybridized carbons (Fsp3) is 0.882. The number of carbonyl (C=O) groups is 3. The molecule has 0 aromatic heterocycles. The summed E-state index contributed by atoms with van der Waals surface area (Å²) in [4.78, 5) is 38.5. The Bertz CT molecular complexity index is 1370. The van der Waals surface area contributed by atoms with E-state index in [0.717, 1.165) is 70.6 Å². The second-order valence-electron chi connectivity index (χ2n) is 25.2. The van der Waals surface area contributed by atoms with Gasteiger partial charge in [0.25, 0.3) is 0 Å². The van der Waals surface area contributed by atoms with Gasteiger partial charge in [0, 0.05) is 19.3 Å². The first-order valence-corrected chi connectivity index (χ1v) is 37.0. The summed E-state index contributed by atoms with van der Waals surface area (Å²) in [6.07, 6.45) is 89.0. The molecule has 0 fully saturated rings. The lowest BCUT2D eigenvalue weighted by atomic mass is 10.0. The summed E-state index contributed by atoms with van der Waals surface area (Å²) in [7, 11) is 0. The van der Waals surface area contributed by atoms with Gasteiger partial charge in [0.05, 0.1) is 0 Å². The Balaban J connectivity index is 4.20. The van der Waals surface area contributed by atoms with Crippen LogP contribution in [0.3, 0.4) is 0 Å². The van der Waals surface area contributed by atoms with Crippen molar-refractivity contribution in [3.63, 3.8) is 0 Å². The Kier molecular flexibility index (Phi) is 69.1. The van der Waals surface area contributed by atoms with Crippen molar-refractivity contribution in [3.05, 3.63) is 36.5 Å². The predicted octanol–water partition coefficient (Wildman–Crippen LogP) is 25.5. The van der Waals surface area contributed by atoms with Crippen LogP contribution in [-0.4, -0.2) is 37.2 Å². The minimum Gasteiger partial charge on any atom is -0.462 e. The Morgan fingerprint density at radius 2 is 0.439 bits per heavy atom. The molecule has 0 aliphatic heterocycles. The number of unbranched alkanes of at least 4 members (excludes halogenated alkanes) is 52. The van der Waals surface area contributed by atoms with Gasteiger partial charge in [0.15, 0.2) is 6.10 Å². The molecule has 0 aromatic rings. The molecule has 6 heteroatoms. The van der Waals surface area contributed by atoms with Crippen LogP contribution < -0.4 is 0 Å². The van der Waals surface area contributed by atoms with Crippen molar-refractivity contribution in [2.45, 2.75) is 419 Å². The summed E-state index contributed by atoms with van der Waals surface area (Å²) in [6.45, 7) is 6.68. The highest BCUT2D eigenvalue weighted by atomic mass is 16.6. The number of esters is 3. The van der Waals surface area contributed by atoms with Gasteiger partial charge in [0.2, 0.25) is 0 Å². The Morgan fingerprint density at radius 1 is 0.244 bits per heavy atom. The number of allylic oxidation sites excluding steroid dienone is 6. The van der Waals surface area contributed by atoms with Crippen molar-refractivity contribution < 1.29 is 28.6 Å². The van der Waals surface area contributed by atoms with E-state index in [4.69, 9.17) is 14.2 Å². The van der Waals surface area contributed by atoms with Gasteiger partial charge in [-0.1, -0.05) is 353 Å². The summed E-state index contributed by atoms with van der Waals surface area (Å²) in [5, 5.41) is 0. The smallest absolute Gasteiger partial charge is 0.306 e. The predicted molar refractivity (Wildman–Crippen MR) is 358 cm³/mol. The molecule has 82 heavy (non-hydrogen) atoms. The minimum absolute atomic E-state index is 0.0721. The monoisotopic (exact) mass is 1150 g/mol. The summed E-state index contributed by atoms with van der Waals surface area (Å²) >= 11 is 0. The van der Waals surface area contributed by atoms with E-state index in [2.05, 4.69) is 57.2 Å². The largest absolute Gasteiger partial charge is 0.462 e. The summed E-state index contributed by atoms with van der Waals surface area (Å²) in [5.41, 5.74) is 0. The SMILES string of the molecule is CCCCC/C=C\C/C=C\CCCCCCCCCC(=O)OC(COC(=O)CCCCCCCCC/C=C\CCCCCCCC)COC(=O)CCCCCCCCCCCCCCCCCCCCCCCCCCCCCCCC. The van der Waals surface area contributed by atoms with Crippen LogP contribution in [-0.2, 0) is 28.6 Å². The van der Waals surface area contributed by atoms with Gasteiger partial charge in [-0.15, -0.1) is 0 Å². The van der Waals surface area contributed by atoms with Crippen molar-refractivity contribution in [2.75, 3.05) is 13.2 Å². The maximum Gasteiger partial charge on any atom is 0.306 e. The average molecular weight is 1150 g/mol. The molecule has 0 aliphatic carbocycles. The van der Waals surface area contributed by atoms with E-state index in [9.17, 15) is 14.4 Å². The van der Waals surface area contributed by atoms with Crippen LogP contribution in [0, 0.1) is 0 Å². The third-order valence-corrected chi connectivity index (χ3v) is 16.9. The van der Waals surface area contributed by atoms with E-state index < -0.39 is 6.10 Å². The Morgan fingerprint density at radius 3 is 0.707 bits per heavy atom. The van der Waals surface area contributed by atoms with E-state index in [0.29, 0.717) is 19.3 Å². The molecule has 0 aromatic carbocycles. The number of hydrogen-bond donors (Lipinski definition) is 0. The quantitative estimate of drug-likeness (QED) is 0.0261. The number of ether oxygens (including phenoxy) is 3. The second-order valence-corrected chi connectivity index (χ2v) is 25.2. The fourth-order valence-corrected chi connectivity index (χ4v) is 11.3. The zero-order chi connectivity index (χ0) is 59.2. The number of hydrogen-bond acceptors (Lipinski definition) is 6. The minimum atomic E-state index is -0.778. The average Bonchev–Trinajstić information content (AvgIpc) is 3.47. The van der Waals surface area contributed by atoms with Crippen LogP contribution in [0.5, 0.6) is 0 Å². The molecule has 0 amide bonds. The lowest BCUT2D eigenvalue weighted by Crippen LogP contribution is -2.30. The van der Waals surface area contributed by atoms with E-state index in [-0.39, 0.29) is 31.1 Å². The zero-order valence-electron chi connectivity index (χ0n) is 55.5. The number of rotatable bonds is 69. The molecule has 6 nitrogen and oxygen atoms in total. The van der Waals surface area contributed by atoms with E-state index in [1.165, 1.54) is 302 Å². The molecule has 0 N–H and O–H groups in total. The third kappa shape index (κ3) is 68.4. The van der Waals surface area contributed by atoms with Crippen molar-refractivity contribution in [2.24, 2.45) is 0 Å². The molecule has 0 aliphatic rings. The Labute approximate surface area is 512 Å². The highest BCUT2D eigenvalue weighted by molar-refractivity contribution is 5.71. The molecule has 1 unspecified atom stereocenters. The Hall–Kier alpha value is -2.37. The topological polar surface area (TPSA) is 78.9 Å². The van der Waals surface area contributed by atoms with Crippen molar-refractivity contribution in [1.29, 1.82) is 0 Å². The van der Waals surface area contributed by atoms with Gasteiger partial charge < -0.3 is 14.2 Å². The molecular formula is C76H142O6. The van der Waals surface area contributed by atoms with Gasteiger partial charge in [0.1, 0.15) is 13.2 Å². The lowest BCUT2D eigenvalue weighted by molar-refractivity contribution is -0.167. The maximum absolute atomic E-state index is 12.9. The van der Waals surface area contributed by atoms with Crippen molar-refractivity contribution >= 4 is 17.9 Å². The third-order valence-electron chi connectivity index (χ3n) is 16.9. The van der Waals surface area contributed by atoms with E-state index in [1.807, 2.05) is 0 Å². The van der Waals surface area contributed by atoms with Crippen LogP contribution in [0.1, 0.15) is 412 Å². The van der Waals surface area contributed by atoms with Crippen molar-refractivity contribution in [3.8, 4) is 0 Å². The molecule has 0 saturated heterocycles. The van der Waals surface area contributed by atoms with Gasteiger partial charge in [-0.3, -0.25) is 14.4 Å². The van der Waals surface area contributed by atoms with Crippen LogP contribution in [0.15, 0.2) is 36.5 Å². The summed E-state index contributed by atoms with van der Waals surface area (Å²) < 4.78 is 17.0. The van der Waals surface area contributed by atoms with Gasteiger partial charge in [-0.2, -0.15) is 0 Å². The first kappa shape index (κ1) is 79.6. The van der Waals surface area contributed by atoms with Gasteiger partial charge in [-0.25, -0.2) is 0 Å². The molecule has 0 saturated carbocycles. The van der Waals surface area contributed by atoms with Crippen molar-refractivity contribution in [1.82, 2.24) is 0 Å². The molecule has 0 bridgehead atoms. The van der Waals surface area contributed by atoms with E-state index >= 15 is 0 Å². The van der Waals surface area contributed by atoms with E-state index in [1.54, 1.807) is 0 Å². The summed E-state index contributed by atoms with van der Waals surface area (Å²) in [5.74, 6) is -0.855. The van der Waals surface area contributed by atoms with Crippen LogP contribution in [0.25, 0.3) is 0 Å². The standard InChI is InChI=1S/C76H142O6/c1-4-7-10-13-16-19-22-25-28-31-32-33-34-35-36-37-38-39-40-41-42-43-46-48-51-54-57-60-63-66-69-75(78)81-72-73(82-76(79)70-67-64-61-58-55-52-49-45-30-27-24-21-18-15-12-9-6-3)71-80-74(77)68-65-62-59-56-53-50-47-44-29-26-23-20-17-14-11-8-5-2/h18,21,26-27,29-30,73H,4-17,19-20,22-25,28,31-72H2,1-3H3/b21-18-,29-26-,30-27-. The zero-order valence-corrected chi connectivity index (χ0v) is 55.5. The van der Waals surface area contributed by atoms with Gasteiger partial charge >= 0.3 is 17.9 Å². The lowest BCUT2D eigenvalue weighted by Gasteiger charge is -2.18. The molecule has 0 rings (SSSR count). The second kappa shape index (κ2) is 71.1. The summed E-state index contributed by atoms with van der Waals surface area (Å²) in [6, 6.07) is 0. The fourth-order valence-electron chi connectivity index (χ4n) is 11.3. The molecule has 0 spiro atoms. The van der Waals surface area contributed by atoms with Gasteiger partial charge in [-0.05, 0) is 77.0 Å². The number of carbonyl (C=O) groups excluding carboxylic acids is 3. The van der Waals surface area contributed by atoms with Crippen LogP contribution in [0.4, 0.5) is 0 Å². The molecule has 1 atom stereocenters. The molecule has 0 radical (unpaired) electrons. The maximum atomic E-state index is 12.9. The molecule has 482 valence electrons.